The van der Waals surface area contributed by atoms with Crippen molar-refractivity contribution in [3.05, 3.63) is 114 Å². The summed E-state index contributed by atoms with van der Waals surface area (Å²) in [5.74, 6) is 1.72. The van der Waals surface area contributed by atoms with Crippen LogP contribution in [-0.2, 0) is 11.3 Å². The zero-order valence-corrected chi connectivity index (χ0v) is 17.1. The minimum atomic E-state index is -0.0342. The van der Waals surface area contributed by atoms with Gasteiger partial charge in [0.05, 0.1) is 13.2 Å². The average Bonchev–Trinajstić information content (AvgIpc) is 2.83. The standard InChI is InChI=1S/C27H26O3/c1-28-24-18-13-23(14-19-24)27-9-5-8-26(30-27)17-12-21-10-15-25(16-11-21)29-20-22-6-3-2-4-7-22/h2-7,9-19,26-27H,8,20H2,1H3/b17-12+/t26-,27-/m0/s1. The van der Waals surface area contributed by atoms with E-state index in [0.717, 1.165) is 34.6 Å². The van der Waals surface area contributed by atoms with E-state index in [4.69, 9.17) is 14.2 Å². The fourth-order valence-electron chi connectivity index (χ4n) is 3.37. The zero-order chi connectivity index (χ0) is 20.6. The Bertz CT molecular complexity index is 973. The highest BCUT2D eigenvalue weighted by molar-refractivity contribution is 5.51. The first-order chi connectivity index (χ1) is 14.8. The Kier molecular flexibility index (Phi) is 6.63. The topological polar surface area (TPSA) is 27.7 Å². The quantitative estimate of drug-likeness (QED) is 0.433. The number of methoxy groups -OCH3 is 1. The minimum absolute atomic E-state index is 0.0342. The fraction of sp³-hybridized carbons (Fsp3) is 0.185. The highest BCUT2D eigenvalue weighted by Gasteiger charge is 2.17. The molecule has 3 aromatic carbocycles. The van der Waals surface area contributed by atoms with Gasteiger partial charge in [-0.15, -0.1) is 0 Å². The summed E-state index contributed by atoms with van der Waals surface area (Å²) in [5.41, 5.74) is 3.42. The van der Waals surface area contributed by atoms with Gasteiger partial charge in [-0.1, -0.05) is 78.9 Å². The van der Waals surface area contributed by atoms with Gasteiger partial charge >= 0.3 is 0 Å². The molecule has 0 aromatic heterocycles. The average molecular weight is 399 g/mol. The van der Waals surface area contributed by atoms with Crippen molar-refractivity contribution < 1.29 is 14.2 Å². The first kappa shape index (κ1) is 20.0. The summed E-state index contributed by atoms with van der Waals surface area (Å²) >= 11 is 0. The molecule has 0 radical (unpaired) electrons. The molecule has 1 aliphatic heterocycles. The van der Waals surface area contributed by atoms with Crippen LogP contribution in [-0.4, -0.2) is 13.2 Å². The summed E-state index contributed by atoms with van der Waals surface area (Å²) in [6, 6.07) is 26.4. The lowest BCUT2D eigenvalue weighted by atomic mass is 10.0. The smallest absolute Gasteiger partial charge is 0.119 e. The number of hydrogen-bond acceptors (Lipinski definition) is 3. The van der Waals surface area contributed by atoms with Crippen LogP contribution in [0.5, 0.6) is 11.5 Å². The maximum atomic E-state index is 6.24. The van der Waals surface area contributed by atoms with Gasteiger partial charge in [0.15, 0.2) is 0 Å². The van der Waals surface area contributed by atoms with Crippen LogP contribution in [0.2, 0.25) is 0 Å². The van der Waals surface area contributed by atoms with E-state index in [1.54, 1.807) is 7.11 Å². The van der Waals surface area contributed by atoms with Crippen molar-refractivity contribution >= 4 is 6.08 Å². The third kappa shape index (κ3) is 5.40. The zero-order valence-electron chi connectivity index (χ0n) is 17.1. The molecule has 0 saturated carbocycles. The third-order valence-electron chi connectivity index (χ3n) is 5.08. The van der Waals surface area contributed by atoms with Gasteiger partial charge in [-0.2, -0.15) is 0 Å². The molecule has 1 aliphatic rings. The number of hydrogen-bond donors (Lipinski definition) is 0. The van der Waals surface area contributed by atoms with Crippen LogP contribution >= 0.6 is 0 Å². The number of rotatable bonds is 7. The Hall–Kier alpha value is -3.30. The predicted molar refractivity (Wildman–Crippen MR) is 121 cm³/mol. The molecule has 3 aromatic rings. The van der Waals surface area contributed by atoms with Crippen molar-refractivity contribution in [2.45, 2.75) is 25.2 Å². The van der Waals surface area contributed by atoms with Gasteiger partial charge < -0.3 is 14.2 Å². The van der Waals surface area contributed by atoms with Gasteiger partial charge in [0, 0.05) is 0 Å². The number of benzene rings is 3. The summed E-state index contributed by atoms with van der Waals surface area (Å²) < 4.78 is 17.3. The van der Waals surface area contributed by atoms with Crippen LogP contribution in [0.4, 0.5) is 0 Å². The molecule has 1 heterocycles. The van der Waals surface area contributed by atoms with E-state index >= 15 is 0 Å². The second-order valence-corrected chi connectivity index (χ2v) is 7.23. The van der Waals surface area contributed by atoms with E-state index in [1.165, 1.54) is 0 Å². The molecule has 4 rings (SSSR count). The van der Waals surface area contributed by atoms with Crippen molar-refractivity contribution in [1.29, 1.82) is 0 Å². The lowest BCUT2D eigenvalue weighted by Gasteiger charge is -2.24. The molecule has 3 nitrogen and oxygen atoms in total. The van der Waals surface area contributed by atoms with Crippen LogP contribution in [0.1, 0.15) is 29.2 Å². The Morgan fingerprint density at radius 1 is 0.900 bits per heavy atom. The predicted octanol–water partition coefficient (Wildman–Crippen LogP) is 6.37. The van der Waals surface area contributed by atoms with Crippen LogP contribution in [0.3, 0.4) is 0 Å². The monoisotopic (exact) mass is 398 g/mol. The summed E-state index contributed by atoms with van der Waals surface area (Å²) in [6.07, 6.45) is 9.43. The van der Waals surface area contributed by atoms with E-state index < -0.39 is 0 Å². The lowest BCUT2D eigenvalue weighted by molar-refractivity contribution is 0.0338. The Labute approximate surface area is 178 Å². The van der Waals surface area contributed by atoms with E-state index in [1.807, 2.05) is 54.6 Å². The molecule has 152 valence electrons. The maximum Gasteiger partial charge on any atom is 0.119 e. The lowest BCUT2D eigenvalue weighted by Crippen LogP contribution is -2.16. The molecule has 0 unspecified atom stereocenters. The van der Waals surface area contributed by atoms with Crippen LogP contribution in [0, 0.1) is 0 Å². The Balaban J connectivity index is 1.32. The fourth-order valence-corrected chi connectivity index (χ4v) is 3.37. The number of ether oxygens (including phenoxy) is 3. The van der Waals surface area contributed by atoms with E-state index in [0.29, 0.717) is 6.61 Å². The van der Waals surface area contributed by atoms with Gasteiger partial charge in [-0.3, -0.25) is 0 Å². The Morgan fingerprint density at radius 2 is 1.63 bits per heavy atom. The van der Waals surface area contributed by atoms with Crippen LogP contribution in [0.25, 0.3) is 6.08 Å². The normalized spacial score (nSPS) is 18.4. The first-order valence-electron chi connectivity index (χ1n) is 10.2. The molecular weight excluding hydrogens is 372 g/mol. The highest BCUT2D eigenvalue weighted by atomic mass is 16.5. The van der Waals surface area contributed by atoms with Crippen molar-refractivity contribution in [2.75, 3.05) is 7.11 Å². The molecule has 0 bridgehead atoms. The van der Waals surface area contributed by atoms with Crippen molar-refractivity contribution in [1.82, 2.24) is 0 Å². The second kappa shape index (κ2) is 9.95. The second-order valence-electron chi connectivity index (χ2n) is 7.23. The minimum Gasteiger partial charge on any atom is -0.497 e. The van der Waals surface area contributed by atoms with Gasteiger partial charge in [0.25, 0.3) is 0 Å². The molecule has 3 heteroatoms. The molecule has 0 fully saturated rings. The highest BCUT2D eigenvalue weighted by Crippen LogP contribution is 2.28. The maximum absolute atomic E-state index is 6.24. The van der Waals surface area contributed by atoms with Crippen molar-refractivity contribution in [3.8, 4) is 11.5 Å². The molecule has 0 aliphatic carbocycles. The van der Waals surface area contributed by atoms with E-state index in [2.05, 4.69) is 48.6 Å². The molecule has 0 saturated heterocycles. The van der Waals surface area contributed by atoms with Gasteiger partial charge in [-0.05, 0) is 47.4 Å². The summed E-state index contributed by atoms with van der Waals surface area (Å²) in [4.78, 5) is 0. The van der Waals surface area contributed by atoms with Crippen molar-refractivity contribution in [3.63, 3.8) is 0 Å². The molecule has 0 spiro atoms. The first-order valence-corrected chi connectivity index (χ1v) is 10.2. The van der Waals surface area contributed by atoms with E-state index in [-0.39, 0.29) is 12.2 Å². The van der Waals surface area contributed by atoms with Crippen LogP contribution < -0.4 is 9.47 Å². The molecule has 0 amide bonds. The summed E-state index contributed by atoms with van der Waals surface area (Å²) in [5, 5.41) is 0. The van der Waals surface area contributed by atoms with Crippen LogP contribution in [0.15, 0.2) is 97.1 Å². The van der Waals surface area contributed by atoms with Gasteiger partial charge in [0.1, 0.15) is 24.2 Å². The molecule has 2 atom stereocenters. The van der Waals surface area contributed by atoms with E-state index in [9.17, 15) is 0 Å². The summed E-state index contributed by atoms with van der Waals surface area (Å²) in [6.45, 7) is 0.574. The van der Waals surface area contributed by atoms with Gasteiger partial charge in [0.2, 0.25) is 0 Å². The molecular formula is C27H26O3. The SMILES string of the molecule is COc1ccc([C@@H]2C=CC[C@@H](/C=C/c3ccc(OCc4ccccc4)cc3)O2)cc1. The summed E-state index contributed by atoms with van der Waals surface area (Å²) in [7, 11) is 1.68. The molecule has 0 N–H and O–H groups in total. The third-order valence-corrected chi connectivity index (χ3v) is 5.08. The van der Waals surface area contributed by atoms with Gasteiger partial charge in [-0.25, -0.2) is 0 Å². The largest absolute Gasteiger partial charge is 0.497 e. The Morgan fingerprint density at radius 3 is 2.37 bits per heavy atom. The van der Waals surface area contributed by atoms with Crippen molar-refractivity contribution in [2.24, 2.45) is 0 Å². The molecule has 30 heavy (non-hydrogen) atoms.